The van der Waals surface area contributed by atoms with Crippen LogP contribution in [0.25, 0.3) is 77.5 Å². The molecule has 196 valence electrons. The number of hydrogen-bond acceptors (Lipinski definition) is 2. The standard InChI is InChI=1S/C38H24N4/c1-2-10-28(11-3-1)42-33-15-7-5-12-29(33)31-24-27(21-22-34(31)42)25-17-19-26(20-18-25)36-38-37(30-13-4-6-14-32(30)39-36)40-35-16-8-9-23-41(35)38/h1-24H. The minimum absolute atomic E-state index is 0.923. The third kappa shape index (κ3) is 3.36. The molecule has 0 amide bonds. The Balaban J connectivity index is 1.20. The van der Waals surface area contributed by atoms with Crippen molar-refractivity contribution in [2.75, 3.05) is 0 Å². The number of nitrogens with zero attached hydrogens (tertiary/aromatic N) is 4. The van der Waals surface area contributed by atoms with Gasteiger partial charge in [0.05, 0.1) is 27.8 Å². The molecule has 0 saturated heterocycles. The molecular formula is C38H24N4. The zero-order valence-corrected chi connectivity index (χ0v) is 22.6. The highest BCUT2D eigenvalue weighted by Crippen LogP contribution is 2.37. The van der Waals surface area contributed by atoms with Gasteiger partial charge >= 0.3 is 0 Å². The van der Waals surface area contributed by atoms with Gasteiger partial charge in [-0.25, -0.2) is 9.97 Å². The van der Waals surface area contributed by atoms with Gasteiger partial charge in [0.2, 0.25) is 0 Å². The minimum Gasteiger partial charge on any atom is -0.309 e. The maximum Gasteiger partial charge on any atom is 0.137 e. The number of fused-ring (bicyclic) bond motifs is 8. The monoisotopic (exact) mass is 536 g/mol. The van der Waals surface area contributed by atoms with Crippen molar-refractivity contribution >= 4 is 49.4 Å². The Hall–Kier alpha value is -5.74. The SMILES string of the molecule is c1ccc(-n2c3ccccc3c3cc(-c4ccc(-c5nc6ccccc6c6nc7ccccn7c56)cc4)ccc32)cc1. The molecule has 0 aliphatic carbocycles. The van der Waals surface area contributed by atoms with E-state index in [0.29, 0.717) is 0 Å². The molecule has 0 N–H and O–H groups in total. The van der Waals surface area contributed by atoms with Crippen molar-refractivity contribution in [1.29, 1.82) is 0 Å². The first-order valence-corrected chi connectivity index (χ1v) is 14.2. The van der Waals surface area contributed by atoms with E-state index in [1.165, 1.54) is 38.6 Å². The molecule has 0 aliphatic rings. The summed E-state index contributed by atoms with van der Waals surface area (Å²) < 4.78 is 4.50. The first-order chi connectivity index (χ1) is 20.8. The summed E-state index contributed by atoms with van der Waals surface area (Å²) in [6.45, 7) is 0. The summed E-state index contributed by atoms with van der Waals surface area (Å²) in [5, 5.41) is 3.57. The Morgan fingerprint density at radius 1 is 0.476 bits per heavy atom. The van der Waals surface area contributed by atoms with Crippen molar-refractivity contribution in [1.82, 2.24) is 18.9 Å². The maximum absolute atomic E-state index is 5.14. The molecule has 0 bridgehead atoms. The minimum atomic E-state index is 0.923. The van der Waals surface area contributed by atoms with Crippen molar-refractivity contribution in [3.63, 3.8) is 0 Å². The highest BCUT2D eigenvalue weighted by atomic mass is 15.0. The molecule has 9 aromatic rings. The summed E-state index contributed by atoms with van der Waals surface area (Å²) in [4.78, 5) is 10.1. The van der Waals surface area contributed by atoms with Gasteiger partial charge < -0.3 is 4.57 Å². The number of hydrogen-bond donors (Lipinski definition) is 0. The van der Waals surface area contributed by atoms with Gasteiger partial charge in [-0.1, -0.05) is 91.0 Å². The number of benzene rings is 5. The largest absolute Gasteiger partial charge is 0.309 e. The molecule has 0 atom stereocenters. The zero-order valence-electron chi connectivity index (χ0n) is 22.6. The first-order valence-electron chi connectivity index (χ1n) is 14.2. The summed E-state index contributed by atoms with van der Waals surface area (Å²) in [7, 11) is 0. The van der Waals surface area contributed by atoms with Crippen molar-refractivity contribution in [3.8, 4) is 28.1 Å². The van der Waals surface area contributed by atoms with Crippen LogP contribution < -0.4 is 0 Å². The van der Waals surface area contributed by atoms with Crippen LogP contribution in [0.15, 0.2) is 146 Å². The summed E-state index contributed by atoms with van der Waals surface area (Å²) in [5.74, 6) is 0. The second kappa shape index (κ2) is 8.88. The number of imidazole rings is 1. The fourth-order valence-electron chi connectivity index (χ4n) is 6.38. The fourth-order valence-corrected chi connectivity index (χ4v) is 6.38. The number of pyridine rings is 2. The molecule has 0 saturated carbocycles. The van der Waals surface area contributed by atoms with Gasteiger partial charge in [0.15, 0.2) is 0 Å². The molecule has 4 heteroatoms. The van der Waals surface area contributed by atoms with E-state index >= 15 is 0 Å². The first kappa shape index (κ1) is 23.0. The van der Waals surface area contributed by atoms with E-state index in [1.54, 1.807) is 0 Å². The molecule has 9 rings (SSSR count). The van der Waals surface area contributed by atoms with E-state index in [-0.39, 0.29) is 0 Å². The Kier molecular flexibility index (Phi) is 4.87. The second-order valence-corrected chi connectivity index (χ2v) is 10.7. The molecule has 0 unspecified atom stereocenters. The van der Waals surface area contributed by atoms with Crippen LogP contribution in [-0.4, -0.2) is 18.9 Å². The van der Waals surface area contributed by atoms with Crippen LogP contribution >= 0.6 is 0 Å². The summed E-state index contributed by atoms with van der Waals surface area (Å²) in [6, 6.07) is 49.2. The predicted octanol–water partition coefficient (Wildman–Crippen LogP) is 9.47. The van der Waals surface area contributed by atoms with Crippen molar-refractivity contribution in [2.24, 2.45) is 0 Å². The predicted molar refractivity (Wildman–Crippen MR) is 173 cm³/mol. The molecule has 0 aliphatic heterocycles. The molecule has 5 aromatic carbocycles. The van der Waals surface area contributed by atoms with Crippen LogP contribution in [-0.2, 0) is 0 Å². The average Bonchev–Trinajstić information content (AvgIpc) is 3.61. The van der Waals surface area contributed by atoms with E-state index in [2.05, 4.69) is 130 Å². The quantitative estimate of drug-likeness (QED) is 0.225. The van der Waals surface area contributed by atoms with Gasteiger partial charge in [0.1, 0.15) is 11.2 Å². The van der Waals surface area contributed by atoms with Gasteiger partial charge in [-0.15, -0.1) is 0 Å². The third-order valence-corrected chi connectivity index (χ3v) is 8.32. The Morgan fingerprint density at radius 3 is 2.05 bits per heavy atom. The molecule has 0 fully saturated rings. The highest BCUT2D eigenvalue weighted by molar-refractivity contribution is 6.11. The van der Waals surface area contributed by atoms with Crippen LogP contribution in [0, 0.1) is 0 Å². The normalized spacial score (nSPS) is 11.8. The summed E-state index contributed by atoms with van der Waals surface area (Å²) in [6.07, 6.45) is 2.07. The van der Waals surface area contributed by atoms with Crippen molar-refractivity contribution in [3.05, 3.63) is 146 Å². The van der Waals surface area contributed by atoms with Crippen molar-refractivity contribution in [2.45, 2.75) is 0 Å². The van der Waals surface area contributed by atoms with Crippen LogP contribution in [0.3, 0.4) is 0 Å². The van der Waals surface area contributed by atoms with Gasteiger partial charge in [-0.2, -0.15) is 0 Å². The van der Waals surface area contributed by atoms with Gasteiger partial charge in [0.25, 0.3) is 0 Å². The van der Waals surface area contributed by atoms with Gasteiger partial charge in [-0.05, 0) is 59.7 Å². The zero-order chi connectivity index (χ0) is 27.6. The fraction of sp³-hybridized carbons (Fsp3) is 0. The number of aromatic nitrogens is 4. The number of para-hydroxylation sites is 3. The van der Waals surface area contributed by atoms with Gasteiger partial charge in [-0.3, -0.25) is 4.40 Å². The Morgan fingerprint density at radius 2 is 1.17 bits per heavy atom. The lowest BCUT2D eigenvalue weighted by Crippen LogP contribution is -1.93. The number of rotatable bonds is 3. The van der Waals surface area contributed by atoms with Crippen LogP contribution in [0.4, 0.5) is 0 Å². The Labute approximate surface area is 241 Å². The van der Waals surface area contributed by atoms with Crippen molar-refractivity contribution < 1.29 is 0 Å². The Bertz CT molecular complexity index is 2450. The topological polar surface area (TPSA) is 35.1 Å². The maximum atomic E-state index is 5.14. The van der Waals surface area contributed by atoms with E-state index in [1.807, 2.05) is 24.3 Å². The molecule has 0 spiro atoms. The van der Waals surface area contributed by atoms with E-state index in [4.69, 9.17) is 9.97 Å². The lowest BCUT2D eigenvalue weighted by Gasteiger charge is -2.10. The lowest BCUT2D eigenvalue weighted by atomic mass is 10.00. The van der Waals surface area contributed by atoms with Gasteiger partial charge in [0, 0.05) is 33.6 Å². The highest BCUT2D eigenvalue weighted by Gasteiger charge is 2.17. The van der Waals surface area contributed by atoms with Crippen LogP contribution in [0.2, 0.25) is 0 Å². The molecule has 4 aromatic heterocycles. The summed E-state index contributed by atoms with van der Waals surface area (Å²) >= 11 is 0. The van der Waals surface area contributed by atoms with E-state index < -0.39 is 0 Å². The molecule has 42 heavy (non-hydrogen) atoms. The molecule has 4 heterocycles. The lowest BCUT2D eigenvalue weighted by molar-refractivity contribution is 1.18. The van der Waals surface area contributed by atoms with E-state index in [9.17, 15) is 0 Å². The third-order valence-electron chi connectivity index (χ3n) is 8.32. The van der Waals surface area contributed by atoms with Crippen LogP contribution in [0.1, 0.15) is 0 Å². The smallest absolute Gasteiger partial charge is 0.137 e. The van der Waals surface area contributed by atoms with Crippen LogP contribution in [0.5, 0.6) is 0 Å². The summed E-state index contributed by atoms with van der Waals surface area (Å²) in [5.41, 5.74) is 11.9. The molecular weight excluding hydrogens is 512 g/mol. The average molecular weight is 537 g/mol. The second-order valence-electron chi connectivity index (χ2n) is 10.7. The molecule has 4 nitrogen and oxygen atoms in total. The van der Waals surface area contributed by atoms with E-state index in [0.717, 1.165) is 38.8 Å². The molecule has 0 radical (unpaired) electrons.